The van der Waals surface area contributed by atoms with Gasteiger partial charge in [-0.15, -0.1) is 0 Å². The Labute approximate surface area is 172 Å². The summed E-state index contributed by atoms with van der Waals surface area (Å²) >= 11 is 0. The van der Waals surface area contributed by atoms with Gasteiger partial charge in [0, 0.05) is 25.8 Å². The van der Waals surface area contributed by atoms with Crippen molar-refractivity contribution in [1.29, 1.82) is 0 Å². The van der Waals surface area contributed by atoms with E-state index in [1.54, 1.807) is 7.11 Å². The largest absolute Gasteiger partial charge is 0.495 e. The van der Waals surface area contributed by atoms with Crippen molar-refractivity contribution in [2.45, 2.75) is 44.9 Å². The number of nitrogens with one attached hydrogen (secondary N) is 2. The lowest BCUT2D eigenvalue weighted by Crippen LogP contribution is -2.26. The first kappa shape index (κ1) is 19.6. The molecule has 1 aromatic carbocycles. The molecule has 4 rings (SSSR count). The molecular weight excluding hydrogens is 360 g/mol. The molecule has 0 aliphatic heterocycles. The second-order valence-electron chi connectivity index (χ2n) is 7.49. The third-order valence-corrected chi connectivity index (χ3v) is 5.42. The minimum Gasteiger partial charge on any atom is -0.495 e. The molecule has 1 atom stereocenters. The highest BCUT2D eigenvalue weighted by Crippen LogP contribution is 2.30. The molecule has 0 saturated carbocycles. The van der Waals surface area contributed by atoms with Gasteiger partial charge in [0.05, 0.1) is 30.7 Å². The molecule has 1 aliphatic carbocycles. The molecule has 5 nitrogen and oxygen atoms in total. The van der Waals surface area contributed by atoms with Crippen LogP contribution in [0.25, 0.3) is 0 Å². The van der Waals surface area contributed by atoms with E-state index in [0.717, 1.165) is 43.9 Å². The van der Waals surface area contributed by atoms with Crippen molar-refractivity contribution in [3.63, 3.8) is 0 Å². The number of ether oxygens (including phenoxy) is 1. The molecule has 0 amide bonds. The van der Waals surface area contributed by atoms with Crippen molar-refractivity contribution in [3.8, 4) is 5.75 Å². The normalized spacial score (nSPS) is 15.7. The fourth-order valence-electron chi connectivity index (χ4n) is 3.81. The van der Waals surface area contributed by atoms with Crippen molar-refractivity contribution in [2.75, 3.05) is 7.11 Å². The molecule has 0 saturated heterocycles. The van der Waals surface area contributed by atoms with Crippen LogP contribution < -0.4 is 15.4 Å². The Kier molecular flexibility index (Phi) is 6.49. The summed E-state index contributed by atoms with van der Waals surface area (Å²) in [5.74, 6) is 0.844. The lowest BCUT2D eigenvalue weighted by molar-refractivity contribution is 0.405. The molecule has 0 fully saturated rings. The molecule has 1 aliphatic rings. The van der Waals surface area contributed by atoms with Gasteiger partial charge in [0.2, 0.25) is 0 Å². The number of hydrogen-bond acceptors (Lipinski definition) is 5. The summed E-state index contributed by atoms with van der Waals surface area (Å²) < 4.78 is 5.32. The van der Waals surface area contributed by atoms with E-state index in [2.05, 4.69) is 50.9 Å². The van der Waals surface area contributed by atoms with E-state index in [0.29, 0.717) is 6.04 Å². The molecule has 2 heterocycles. The second kappa shape index (κ2) is 9.63. The summed E-state index contributed by atoms with van der Waals surface area (Å²) in [7, 11) is 1.69. The van der Waals surface area contributed by atoms with Crippen LogP contribution in [0, 0.1) is 0 Å². The van der Waals surface area contributed by atoms with Gasteiger partial charge in [-0.25, -0.2) is 0 Å². The van der Waals surface area contributed by atoms with E-state index in [9.17, 15) is 0 Å². The molecule has 2 N–H and O–H groups in total. The second-order valence-corrected chi connectivity index (χ2v) is 7.49. The van der Waals surface area contributed by atoms with Crippen LogP contribution in [0.3, 0.4) is 0 Å². The van der Waals surface area contributed by atoms with Gasteiger partial charge in [0.25, 0.3) is 0 Å². The van der Waals surface area contributed by atoms with E-state index in [-0.39, 0.29) is 0 Å². The van der Waals surface area contributed by atoms with Gasteiger partial charge in [-0.2, -0.15) is 0 Å². The molecule has 0 spiro atoms. The van der Waals surface area contributed by atoms with E-state index in [4.69, 9.17) is 4.74 Å². The average Bonchev–Trinajstić information content (AvgIpc) is 2.79. The molecule has 1 unspecified atom stereocenters. The standard InChI is InChI=1S/C24H28N4O/c1-29-22-13-20-5-4-7-23(24(20)28-17-22)27-15-19-10-8-18(9-11-19)14-25-16-21-6-2-3-12-26-21/h2-3,6,8-13,17,23,25,27H,4-5,7,14-16H2,1H3. The molecule has 2 aromatic heterocycles. The highest BCUT2D eigenvalue weighted by Gasteiger charge is 2.21. The Bertz CT molecular complexity index is 912. The van der Waals surface area contributed by atoms with Crippen LogP contribution >= 0.6 is 0 Å². The van der Waals surface area contributed by atoms with Crippen molar-refractivity contribution < 1.29 is 4.74 Å². The van der Waals surface area contributed by atoms with E-state index < -0.39 is 0 Å². The lowest BCUT2D eigenvalue weighted by atomic mass is 9.91. The first-order chi connectivity index (χ1) is 14.3. The number of rotatable bonds is 8. The number of methoxy groups -OCH3 is 1. The van der Waals surface area contributed by atoms with E-state index >= 15 is 0 Å². The predicted molar refractivity (Wildman–Crippen MR) is 115 cm³/mol. The number of aryl methyl sites for hydroxylation is 1. The molecular formula is C24H28N4O. The summed E-state index contributed by atoms with van der Waals surface area (Å²) in [6.07, 6.45) is 7.04. The van der Waals surface area contributed by atoms with Crippen LogP contribution in [0.5, 0.6) is 5.75 Å². The fourth-order valence-corrected chi connectivity index (χ4v) is 3.81. The fraction of sp³-hybridized carbons (Fsp3) is 0.333. The van der Waals surface area contributed by atoms with Gasteiger partial charge in [0.15, 0.2) is 0 Å². The van der Waals surface area contributed by atoms with Crippen LogP contribution in [0.2, 0.25) is 0 Å². The maximum absolute atomic E-state index is 5.32. The Balaban J connectivity index is 1.29. The maximum Gasteiger partial charge on any atom is 0.137 e. The van der Waals surface area contributed by atoms with Crippen LogP contribution in [-0.2, 0) is 26.1 Å². The van der Waals surface area contributed by atoms with Crippen molar-refractivity contribution >= 4 is 0 Å². The summed E-state index contributed by atoms with van der Waals surface area (Å²) in [6, 6.07) is 17.2. The highest BCUT2D eigenvalue weighted by molar-refractivity contribution is 5.33. The minimum absolute atomic E-state index is 0.310. The van der Waals surface area contributed by atoms with Crippen LogP contribution in [-0.4, -0.2) is 17.1 Å². The van der Waals surface area contributed by atoms with Gasteiger partial charge in [0.1, 0.15) is 5.75 Å². The van der Waals surface area contributed by atoms with E-state index in [1.807, 2.05) is 30.6 Å². The number of fused-ring (bicyclic) bond motifs is 1. The van der Waals surface area contributed by atoms with Gasteiger partial charge in [-0.05, 0) is 54.2 Å². The Hall–Kier alpha value is -2.76. The summed E-state index contributed by atoms with van der Waals surface area (Å²) in [5.41, 5.74) is 6.11. The zero-order valence-electron chi connectivity index (χ0n) is 16.9. The first-order valence-electron chi connectivity index (χ1n) is 10.3. The summed E-state index contributed by atoms with van der Waals surface area (Å²) in [6.45, 7) is 2.47. The number of aromatic nitrogens is 2. The monoisotopic (exact) mass is 388 g/mol. The summed E-state index contributed by atoms with van der Waals surface area (Å²) in [4.78, 5) is 8.99. The van der Waals surface area contributed by atoms with Gasteiger partial charge in [-0.1, -0.05) is 30.3 Å². The Morgan fingerprint density at radius 1 is 1.00 bits per heavy atom. The zero-order chi connectivity index (χ0) is 19.9. The third kappa shape index (κ3) is 5.19. The van der Waals surface area contributed by atoms with Gasteiger partial charge in [-0.3, -0.25) is 9.97 Å². The van der Waals surface area contributed by atoms with E-state index in [1.165, 1.54) is 28.8 Å². The Morgan fingerprint density at radius 3 is 2.59 bits per heavy atom. The quantitative estimate of drug-likeness (QED) is 0.612. The topological polar surface area (TPSA) is 59.1 Å². The molecule has 5 heteroatoms. The number of pyridine rings is 2. The van der Waals surface area contributed by atoms with Crippen LogP contribution in [0.4, 0.5) is 0 Å². The Morgan fingerprint density at radius 2 is 1.83 bits per heavy atom. The maximum atomic E-state index is 5.32. The SMILES string of the molecule is COc1cnc2c(c1)CCCC2NCc1ccc(CNCc2ccccn2)cc1. The van der Waals surface area contributed by atoms with Crippen molar-refractivity contribution in [1.82, 2.24) is 20.6 Å². The lowest BCUT2D eigenvalue weighted by Gasteiger charge is -2.25. The minimum atomic E-state index is 0.310. The highest BCUT2D eigenvalue weighted by atomic mass is 16.5. The van der Waals surface area contributed by atoms with Gasteiger partial charge < -0.3 is 15.4 Å². The first-order valence-corrected chi connectivity index (χ1v) is 10.3. The van der Waals surface area contributed by atoms with Crippen molar-refractivity contribution in [2.24, 2.45) is 0 Å². The van der Waals surface area contributed by atoms with Crippen molar-refractivity contribution in [3.05, 3.63) is 89.0 Å². The van der Waals surface area contributed by atoms with Crippen LogP contribution in [0.1, 0.15) is 47.0 Å². The molecule has 0 bridgehead atoms. The molecule has 150 valence electrons. The zero-order valence-corrected chi connectivity index (χ0v) is 16.9. The average molecular weight is 389 g/mol. The number of nitrogens with zero attached hydrogens (tertiary/aromatic N) is 2. The molecule has 29 heavy (non-hydrogen) atoms. The van der Waals surface area contributed by atoms with Crippen LogP contribution in [0.15, 0.2) is 60.9 Å². The molecule has 0 radical (unpaired) electrons. The number of benzene rings is 1. The molecule has 3 aromatic rings. The third-order valence-electron chi connectivity index (χ3n) is 5.42. The smallest absolute Gasteiger partial charge is 0.137 e. The van der Waals surface area contributed by atoms with Gasteiger partial charge >= 0.3 is 0 Å². The summed E-state index contributed by atoms with van der Waals surface area (Å²) in [5, 5.41) is 7.13. The predicted octanol–water partition coefficient (Wildman–Crippen LogP) is 3.94. The number of hydrogen-bond donors (Lipinski definition) is 2.